The van der Waals surface area contributed by atoms with Crippen molar-refractivity contribution in [1.29, 1.82) is 0 Å². The zero-order valence-corrected chi connectivity index (χ0v) is 18.1. The van der Waals surface area contributed by atoms with Gasteiger partial charge in [-0.05, 0) is 36.1 Å². The van der Waals surface area contributed by atoms with Crippen molar-refractivity contribution in [3.8, 4) is 0 Å². The van der Waals surface area contributed by atoms with E-state index in [-0.39, 0.29) is 41.1 Å². The van der Waals surface area contributed by atoms with Crippen LogP contribution >= 0.6 is 11.6 Å². The molecule has 1 amide bonds. The number of ether oxygens (including phenoxy) is 1. The van der Waals surface area contributed by atoms with E-state index in [0.717, 1.165) is 23.7 Å². The first-order chi connectivity index (χ1) is 12.7. The van der Waals surface area contributed by atoms with E-state index in [9.17, 15) is 4.79 Å². The molecule has 3 aromatic rings. The van der Waals surface area contributed by atoms with Gasteiger partial charge >= 0.3 is 0 Å². The van der Waals surface area contributed by atoms with Crippen LogP contribution in [0.1, 0.15) is 34.3 Å². The van der Waals surface area contributed by atoms with Crippen molar-refractivity contribution in [2.24, 2.45) is 0 Å². The molecule has 1 N–H and O–H groups in total. The van der Waals surface area contributed by atoms with Crippen LogP contribution in [0, 0.1) is 0 Å². The molecule has 4 nitrogen and oxygen atoms in total. The maximum Gasteiger partial charge on any atom is 0.256 e. The summed E-state index contributed by atoms with van der Waals surface area (Å²) < 4.78 is 6.20. The molecule has 1 radical (unpaired) electrons. The number of hydrogen-bond donors (Lipinski definition) is 1. The summed E-state index contributed by atoms with van der Waals surface area (Å²) in [4.78, 5) is 18.1. The van der Waals surface area contributed by atoms with Gasteiger partial charge in [-0.3, -0.25) is 4.79 Å². The number of rotatable bonds is 1. The van der Waals surface area contributed by atoms with Crippen LogP contribution in [0.25, 0.3) is 10.9 Å². The van der Waals surface area contributed by atoms with Crippen LogP contribution in [0.15, 0.2) is 48.7 Å². The molecule has 1 fully saturated rings. The van der Waals surface area contributed by atoms with E-state index in [4.69, 9.17) is 16.3 Å². The van der Waals surface area contributed by atoms with E-state index in [1.54, 1.807) is 6.20 Å². The van der Waals surface area contributed by atoms with Gasteiger partial charge in [-0.15, -0.1) is 0 Å². The van der Waals surface area contributed by atoms with Crippen LogP contribution < -0.4 is 0 Å². The zero-order chi connectivity index (χ0) is 17.7. The number of carbonyl (C=O) groups is 1. The summed E-state index contributed by atoms with van der Waals surface area (Å²) in [5, 5.41) is 1.58. The third-order valence-electron chi connectivity index (χ3n) is 5.74. The van der Waals surface area contributed by atoms with Gasteiger partial charge in [0.1, 0.15) is 0 Å². The van der Waals surface area contributed by atoms with Gasteiger partial charge in [0.15, 0.2) is 0 Å². The second kappa shape index (κ2) is 7.26. The van der Waals surface area contributed by atoms with Crippen LogP contribution in [0.2, 0.25) is 5.02 Å². The molecule has 1 spiro atoms. The third kappa shape index (κ3) is 3.14. The smallest absolute Gasteiger partial charge is 0.256 e. The average molecular weight is 390 g/mol. The van der Waals surface area contributed by atoms with Gasteiger partial charge in [0.25, 0.3) is 5.91 Å². The molecular weight excluding hydrogens is 371 g/mol. The van der Waals surface area contributed by atoms with Gasteiger partial charge in [-0.1, -0.05) is 41.9 Å². The Labute approximate surface area is 185 Å². The maximum atomic E-state index is 13.0. The molecular formula is C21H19ClN2NaO2. The van der Waals surface area contributed by atoms with Gasteiger partial charge in [0.2, 0.25) is 0 Å². The van der Waals surface area contributed by atoms with Crippen LogP contribution in [0.3, 0.4) is 0 Å². The van der Waals surface area contributed by atoms with E-state index in [1.165, 1.54) is 11.1 Å². The quantitative estimate of drug-likeness (QED) is 0.637. The van der Waals surface area contributed by atoms with Crippen LogP contribution in [-0.2, 0) is 16.9 Å². The molecule has 3 heterocycles. The fourth-order valence-electron chi connectivity index (χ4n) is 4.31. The number of halogens is 1. The van der Waals surface area contributed by atoms with Crippen molar-refractivity contribution >= 4 is 58.0 Å². The Hall–Kier alpha value is -1.30. The monoisotopic (exact) mass is 389 g/mol. The normalized spacial score (nSPS) is 17.7. The Morgan fingerprint density at radius 3 is 2.74 bits per heavy atom. The third-order valence-corrected chi connectivity index (χ3v) is 5.98. The Morgan fingerprint density at radius 2 is 1.93 bits per heavy atom. The summed E-state index contributed by atoms with van der Waals surface area (Å²) in [6, 6.07) is 14.0. The molecule has 133 valence electrons. The average Bonchev–Trinajstić information content (AvgIpc) is 3.24. The summed E-state index contributed by atoms with van der Waals surface area (Å²) >= 11 is 6.04. The molecule has 1 saturated heterocycles. The Balaban J connectivity index is 0.00000180. The second-order valence-electron chi connectivity index (χ2n) is 7.12. The molecule has 2 aliphatic heterocycles. The summed E-state index contributed by atoms with van der Waals surface area (Å²) in [6.07, 6.45) is 3.46. The van der Waals surface area contributed by atoms with Gasteiger partial charge < -0.3 is 14.6 Å². The number of aromatic amines is 1. The minimum Gasteiger partial charge on any atom is -0.365 e. The molecule has 0 bridgehead atoms. The number of carbonyl (C=O) groups excluding carboxylic acids is 1. The standard InChI is InChI=1S/C21H19ClN2O2.Na/c22-15-5-6-16-17(12-23-19(16)11-15)20(25)24-9-7-21(8-10-24)18-4-2-1-3-14(18)13-26-21;/h1-6,11-12,23H,7-10,13H2;. The summed E-state index contributed by atoms with van der Waals surface area (Å²) in [6.45, 7) is 2.08. The Morgan fingerprint density at radius 1 is 1.15 bits per heavy atom. The van der Waals surface area contributed by atoms with E-state index >= 15 is 0 Å². The van der Waals surface area contributed by atoms with Gasteiger partial charge in [0.05, 0.1) is 17.8 Å². The fourth-order valence-corrected chi connectivity index (χ4v) is 4.49. The van der Waals surface area contributed by atoms with Crippen molar-refractivity contribution in [1.82, 2.24) is 9.88 Å². The zero-order valence-electron chi connectivity index (χ0n) is 15.3. The van der Waals surface area contributed by atoms with Crippen LogP contribution in [0.4, 0.5) is 0 Å². The molecule has 0 aliphatic carbocycles. The number of benzene rings is 2. The topological polar surface area (TPSA) is 45.3 Å². The molecule has 5 rings (SSSR count). The van der Waals surface area contributed by atoms with Crippen molar-refractivity contribution in [3.63, 3.8) is 0 Å². The minimum absolute atomic E-state index is 0. The fraction of sp³-hybridized carbons (Fsp3) is 0.286. The van der Waals surface area contributed by atoms with E-state index in [1.807, 2.05) is 23.1 Å². The molecule has 2 aromatic carbocycles. The van der Waals surface area contributed by atoms with Gasteiger partial charge in [-0.25, -0.2) is 0 Å². The molecule has 27 heavy (non-hydrogen) atoms. The largest absolute Gasteiger partial charge is 0.365 e. The number of H-pyrrole nitrogens is 1. The van der Waals surface area contributed by atoms with Crippen molar-refractivity contribution in [2.45, 2.75) is 25.0 Å². The number of likely N-dealkylation sites (tertiary alicyclic amines) is 1. The maximum absolute atomic E-state index is 13.0. The Kier molecular flexibility index (Phi) is 5.12. The van der Waals surface area contributed by atoms with Crippen molar-refractivity contribution in [3.05, 3.63) is 70.4 Å². The summed E-state index contributed by atoms with van der Waals surface area (Å²) in [5.74, 6) is 0.0692. The first-order valence-corrected chi connectivity index (χ1v) is 9.32. The predicted molar refractivity (Wildman–Crippen MR) is 107 cm³/mol. The predicted octanol–water partition coefficient (Wildman–Crippen LogP) is 4.10. The number of nitrogens with one attached hydrogen (secondary N) is 1. The second-order valence-corrected chi connectivity index (χ2v) is 7.56. The summed E-state index contributed by atoms with van der Waals surface area (Å²) in [5.41, 5.74) is 3.96. The number of piperidine rings is 1. The van der Waals surface area contributed by atoms with E-state index < -0.39 is 0 Å². The Bertz CT molecular complexity index is 1010. The van der Waals surface area contributed by atoms with Crippen LogP contribution in [0.5, 0.6) is 0 Å². The molecule has 0 atom stereocenters. The van der Waals surface area contributed by atoms with Gasteiger partial charge in [-0.2, -0.15) is 0 Å². The number of aromatic nitrogens is 1. The van der Waals surface area contributed by atoms with Crippen LogP contribution in [-0.4, -0.2) is 58.4 Å². The number of fused-ring (bicyclic) bond motifs is 3. The molecule has 2 aliphatic rings. The number of nitrogens with zero attached hydrogens (tertiary/aromatic N) is 1. The van der Waals surface area contributed by atoms with E-state index in [0.29, 0.717) is 30.3 Å². The molecule has 6 heteroatoms. The molecule has 0 unspecified atom stereocenters. The SMILES string of the molecule is O=C(c1c[nH]c2cc(Cl)ccc12)N1CCC2(CC1)OCc1ccccc12.[Na]. The van der Waals surface area contributed by atoms with Crippen molar-refractivity contribution < 1.29 is 9.53 Å². The van der Waals surface area contributed by atoms with Gasteiger partial charge in [0, 0.05) is 64.8 Å². The number of hydrogen-bond acceptors (Lipinski definition) is 2. The minimum atomic E-state index is -0.221. The van der Waals surface area contributed by atoms with Crippen molar-refractivity contribution in [2.75, 3.05) is 13.1 Å². The number of amides is 1. The van der Waals surface area contributed by atoms with E-state index in [2.05, 4.69) is 29.2 Å². The molecule has 0 saturated carbocycles. The summed E-state index contributed by atoms with van der Waals surface area (Å²) in [7, 11) is 0. The first kappa shape index (κ1) is 19.0. The molecule has 1 aromatic heterocycles. The first-order valence-electron chi connectivity index (χ1n) is 8.95.